The summed E-state index contributed by atoms with van der Waals surface area (Å²) in [6.45, 7) is 3.37. The molecule has 2 rings (SSSR count). The molecule has 1 aromatic rings. The molecule has 5 heteroatoms. The summed E-state index contributed by atoms with van der Waals surface area (Å²) in [5.41, 5.74) is 2.29. The van der Waals surface area contributed by atoms with Crippen LogP contribution in [-0.2, 0) is 9.53 Å². The number of nitrogens with zero attached hydrogens (tertiary/aromatic N) is 1. The van der Waals surface area contributed by atoms with E-state index in [4.69, 9.17) is 9.84 Å². The fourth-order valence-electron chi connectivity index (χ4n) is 2.36. The Morgan fingerprint density at radius 1 is 1.55 bits per heavy atom. The Morgan fingerprint density at radius 3 is 2.90 bits per heavy atom. The molecule has 1 unspecified atom stereocenters. The standard InChI is InChI=1S/C15H18BrNO3/c1-10(15(18)19)7-11-8-12(16)3-4-14(11)17-6-5-13(9-17)20-2/h3-4,7-8,13H,5-6,9H2,1-2H3,(H,18,19)/b10-7+. The average Bonchev–Trinajstić information content (AvgIpc) is 2.87. The first-order valence-corrected chi connectivity index (χ1v) is 7.29. The predicted molar refractivity (Wildman–Crippen MR) is 83.1 cm³/mol. The third-order valence-electron chi connectivity index (χ3n) is 3.52. The Balaban J connectivity index is 2.34. The van der Waals surface area contributed by atoms with Crippen molar-refractivity contribution in [2.24, 2.45) is 0 Å². The van der Waals surface area contributed by atoms with Crippen molar-refractivity contribution >= 4 is 33.7 Å². The number of carbonyl (C=O) groups is 1. The Hall–Kier alpha value is -1.33. The van der Waals surface area contributed by atoms with Gasteiger partial charge < -0.3 is 14.7 Å². The molecule has 1 N–H and O–H groups in total. The fourth-order valence-corrected chi connectivity index (χ4v) is 2.74. The second-order valence-corrected chi connectivity index (χ2v) is 5.84. The van der Waals surface area contributed by atoms with Gasteiger partial charge in [0.25, 0.3) is 0 Å². The molecule has 0 bridgehead atoms. The van der Waals surface area contributed by atoms with Crippen LogP contribution in [0.3, 0.4) is 0 Å². The van der Waals surface area contributed by atoms with E-state index in [0.29, 0.717) is 5.57 Å². The highest BCUT2D eigenvalue weighted by molar-refractivity contribution is 9.10. The van der Waals surface area contributed by atoms with Crippen molar-refractivity contribution in [3.63, 3.8) is 0 Å². The molecule has 0 aromatic heterocycles. The smallest absolute Gasteiger partial charge is 0.331 e. The van der Waals surface area contributed by atoms with E-state index in [-0.39, 0.29) is 6.10 Å². The van der Waals surface area contributed by atoms with Crippen molar-refractivity contribution in [2.75, 3.05) is 25.1 Å². The van der Waals surface area contributed by atoms with Gasteiger partial charge in [-0.05, 0) is 43.2 Å². The number of methoxy groups -OCH3 is 1. The van der Waals surface area contributed by atoms with Gasteiger partial charge in [0.2, 0.25) is 0 Å². The second-order valence-electron chi connectivity index (χ2n) is 4.93. The van der Waals surface area contributed by atoms with Gasteiger partial charge in [0, 0.05) is 35.9 Å². The van der Waals surface area contributed by atoms with E-state index < -0.39 is 5.97 Å². The van der Waals surface area contributed by atoms with E-state index in [2.05, 4.69) is 20.8 Å². The number of hydrogen-bond donors (Lipinski definition) is 1. The van der Waals surface area contributed by atoms with Crippen molar-refractivity contribution in [1.29, 1.82) is 0 Å². The quantitative estimate of drug-likeness (QED) is 0.856. The molecule has 0 saturated carbocycles. The van der Waals surface area contributed by atoms with Crippen LogP contribution in [0, 0.1) is 0 Å². The summed E-state index contributed by atoms with van der Waals surface area (Å²) in [6, 6.07) is 5.94. The molecule has 0 amide bonds. The molecule has 1 aromatic carbocycles. The van der Waals surface area contributed by atoms with Crippen LogP contribution in [0.2, 0.25) is 0 Å². The van der Waals surface area contributed by atoms with Crippen LogP contribution in [0.25, 0.3) is 6.08 Å². The van der Waals surface area contributed by atoms with Gasteiger partial charge >= 0.3 is 5.97 Å². The summed E-state index contributed by atoms with van der Waals surface area (Å²) in [5, 5.41) is 9.04. The molecule has 4 nitrogen and oxygen atoms in total. The first-order valence-electron chi connectivity index (χ1n) is 6.50. The average molecular weight is 340 g/mol. The summed E-state index contributed by atoms with van der Waals surface area (Å²) in [5.74, 6) is -0.896. The monoisotopic (exact) mass is 339 g/mol. The number of hydrogen-bond acceptors (Lipinski definition) is 3. The maximum atomic E-state index is 11.0. The van der Waals surface area contributed by atoms with Gasteiger partial charge in [-0.1, -0.05) is 15.9 Å². The first kappa shape index (κ1) is 15.1. The minimum Gasteiger partial charge on any atom is -0.478 e. The van der Waals surface area contributed by atoms with Crippen molar-refractivity contribution in [2.45, 2.75) is 19.4 Å². The lowest BCUT2D eigenvalue weighted by Gasteiger charge is -2.21. The molecular formula is C15H18BrNO3. The normalized spacial score (nSPS) is 19.4. The Labute approximate surface area is 127 Å². The minimum absolute atomic E-state index is 0.246. The van der Waals surface area contributed by atoms with E-state index >= 15 is 0 Å². The lowest BCUT2D eigenvalue weighted by molar-refractivity contribution is -0.132. The highest BCUT2D eigenvalue weighted by Gasteiger charge is 2.23. The molecule has 1 saturated heterocycles. The summed E-state index contributed by atoms with van der Waals surface area (Å²) in [6.07, 6.45) is 2.95. The Bertz CT molecular complexity index is 542. The number of halogens is 1. The van der Waals surface area contributed by atoms with Gasteiger partial charge in [-0.15, -0.1) is 0 Å². The molecule has 1 aliphatic heterocycles. The van der Waals surface area contributed by atoms with Crippen molar-refractivity contribution in [3.8, 4) is 0 Å². The summed E-state index contributed by atoms with van der Waals surface area (Å²) in [7, 11) is 1.73. The highest BCUT2D eigenvalue weighted by Crippen LogP contribution is 2.30. The van der Waals surface area contributed by atoms with Gasteiger partial charge in [-0.3, -0.25) is 0 Å². The van der Waals surface area contributed by atoms with Crippen molar-refractivity contribution in [3.05, 3.63) is 33.8 Å². The van der Waals surface area contributed by atoms with E-state index in [0.717, 1.165) is 35.2 Å². The van der Waals surface area contributed by atoms with Gasteiger partial charge in [0.05, 0.1) is 6.10 Å². The van der Waals surface area contributed by atoms with Crippen molar-refractivity contribution < 1.29 is 14.6 Å². The van der Waals surface area contributed by atoms with E-state index in [9.17, 15) is 4.79 Å². The number of carboxylic acids is 1. The summed E-state index contributed by atoms with van der Waals surface area (Å²) >= 11 is 3.44. The minimum atomic E-state index is -0.896. The maximum absolute atomic E-state index is 11.0. The van der Waals surface area contributed by atoms with Crippen LogP contribution in [-0.4, -0.2) is 37.4 Å². The zero-order chi connectivity index (χ0) is 14.7. The molecule has 20 heavy (non-hydrogen) atoms. The van der Waals surface area contributed by atoms with Crippen molar-refractivity contribution in [1.82, 2.24) is 0 Å². The lowest BCUT2D eigenvalue weighted by Crippen LogP contribution is -2.22. The number of rotatable bonds is 4. The SMILES string of the molecule is COC1CCN(c2ccc(Br)cc2/C=C(\C)C(=O)O)C1. The number of anilines is 1. The second kappa shape index (κ2) is 6.41. The number of carboxylic acid groups (broad SMARTS) is 1. The molecule has 1 fully saturated rings. The third kappa shape index (κ3) is 3.41. The van der Waals surface area contributed by atoms with Crippen LogP contribution in [0.5, 0.6) is 0 Å². The maximum Gasteiger partial charge on any atom is 0.331 e. The largest absolute Gasteiger partial charge is 0.478 e. The molecule has 0 aliphatic carbocycles. The molecule has 108 valence electrons. The topological polar surface area (TPSA) is 49.8 Å². The Kier molecular flexibility index (Phi) is 4.83. The Morgan fingerprint density at radius 2 is 2.30 bits per heavy atom. The highest BCUT2D eigenvalue weighted by atomic mass is 79.9. The van der Waals surface area contributed by atoms with Crippen LogP contribution in [0.15, 0.2) is 28.2 Å². The number of aliphatic carboxylic acids is 1. The van der Waals surface area contributed by atoms with E-state index in [1.54, 1.807) is 20.1 Å². The van der Waals surface area contributed by atoms with Gasteiger partial charge in [-0.2, -0.15) is 0 Å². The lowest BCUT2D eigenvalue weighted by atomic mass is 10.1. The number of ether oxygens (including phenoxy) is 1. The molecule has 1 aliphatic rings. The van der Waals surface area contributed by atoms with Gasteiger partial charge in [-0.25, -0.2) is 4.79 Å². The van der Waals surface area contributed by atoms with Crippen LogP contribution >= 0.6 is 15.9 Å². The fraction of sp³-hybridized carbons (Fsp3) is 0.400. The van der Waals surface area contributed by atoms with Gasteiger partial charge in [0.15, 0.2) is 0 Å². The van der Waals surface area contributed by atoms with E-state index in [1.165, 1.54) is 0 Å². The number of benzene rings is 1. The van der Waals surface area contributed by atoms with Crippen LogP contribution in [0.4, 0.5) is 5.69 Å². The molecule has 1 heterocycles. The zero-order valence-electron chi connectivity index (χ0n) is 11.6. The van der Waals surface area contributed by atoms with Gasteiger partial charge in [0.1, 0.15) is 0 Å². The predicted octanol–water partition coefficient (Wildman–Crippen LogP) is 3.16. The van der Waals surface area contributed by atoms with E-state index in [1.807, 2.05) is 18.2 Å². The molecule has 1 atom stereocenters. The van der Waals surface area contributed by atoms with Crippen LogP contribution < -0.4 is 4.90 Å². The van der Waals surface area contributed by atoms with Crippen LogP contribution in [0.1, 0.15) is 18.9 Å². The summed E-state index contributed by atoms with van der Waals surface area (Å²) in [4.78, 5) is 13.2. The first-order chi connectivity index (χ1) is 9.51. The molecule has 0 radical (unpaired) electrons. The third-order valence-corrected chi connectivity index (χ3v) is 4.01. The zero-order valence-corrected chi connectivity index (χ0v) is 13.2. The summed E-state index contributed by atoms with van der Waals surface area (Å²) < 4.78 is 6.32. The molecule has 0 spiro atoms. The molecular weight excluding hydrogens is 322 g/mol.